The van der Waals surface area contributed by atoms with Crippen molar-refractivity contribution in [2.45, 2.75) is 37.5 Å². The van der Waals surface area contributed by atoms with Gasteiger partial charge < -0.3 is 9.47 Å². The van der Waals surface area contributed by atoms with Crippen molar-refractivity contribution >= 4 is 27.9 Å². The molecule has 0 bridgehead atoms. The maximum Gasteiger partial charge on any atom is 0.336 e. The molecule has 1 aliphatic heterocycles. The molecule has 170 valence electrons. The second-order valence-electron chi connectivity index (χ2n) is 7.43. The number of methoxy groups -OCH3 is 1. The largest absolute Gasteiger partial charge is 0.495 e. The molecule has 32 heavy (non-hydrogen) atoms. The lowest BCUT2D eigenvalue weighted by Gasteiger charge is -2.26. The van der Waals surface area contributed by atoms with Gasteiger partial charge in [-0.3, -0.25) is 4.79 Å². The number of Topliss-reactive ketones (excluding diaryl/α,β-unsaturated/α-hetero) is 1. The van der Waals surface area contributed by atoms with Crippen LogP contribution in [0.5, 0.6) is 11.5 Å². The third-order valence-electron chi connectivity index (χ3n) is 5.25. The molecule has 1 aliphatic rings. The van der Waals surface area contributed by atoms with Gasteiger partial charge in [0.25, 0.3) is 0 Å². The van der Waals surface area contributed by atoms with Crippen LogP contribution in [-0.4, -0.2) is 44.7 Å². The van der Waals surface area contributed by atoms with E-state index >= 15 is 0 Å². The second-order valence-corrected chi connectivity index (χ2v) is 9.34. The molecule has 0 aromatic heterocycles. The first kappa shape index (κ1) is 23.7. The van der Waals surface area contributed by atoms with E-state index < -0.39 is 16.0 Å². The minimum atomic E-state index is -3.70. The number of benzene rings is 2. The molecule has 1 saturated heterocycles. The van der Waals surface area contributed by atoms with Crippen LogP contribution in [0.1, 0.15) is 48.5 Å². The molecule has 0 amide bonds. The van der Waals surface area contributed by atoms with Crippen molar-refractivity contribution in [1.82, 2.24) is 4.31 Å². The van der Waals surface area contributed by atoms with Gasteiger partial charge in [0.05, 0.1) is 7.11 Å². The fourth-order valence-corrected chi connectivity index (χ4v) is 5.18. The van der Waals surface area contributed by atoms with Crippen LogP contribution in [0.2, 0.25) is 0 Å². The Balaban J connectivity index is 1.74. The number of ether oxygens (including phenoxy) is 2. The smallest absolute Gasteiger partial charge is 0.336 e. The highest BCUT2D eigenvalue weighted by Gasteiger charge is 2.29. The molecule has 7 nitrogen and oxygen atoms in total. The van der Waals surface area contributed by atoms with Crippen LogP contribution in [0.4, 0.5) is 0 Å². The fraction of sp³-hybridized carbons (Fsp3) is 0.333. The Hall–Kier alpha value is -2.97. The predicted molar refractivity (Wildman–Crippen MR) is 121 cm³/mol. The molecule has 0 spiro atoms. The standard InChI is InChI=1S/C24H27NO6S/c1-3-21(26)19-9-11-20(12-10-19)31-24(27)14-8-18-7-13-22(30-2)23(17-18)32(28,29)25-15-5-4-6-16-25/h7-14,17H,3-6,15-16H2,1-2H3. The van der Waals surface area contributed by atoms with Crippen LogP contribution in [0.25, 0.3) is 6.08 Å². The maximum atomic E-state index is 13.1. The number of rotatable bonds is 8. The Morgan fingerprint density at radius 2 is 1.72 bits per heavy atom. The first-order valence-electron chi connectivity index (χ1n) is 10.6. The van der Waals surface area contributed by atoms with Crippen molar-refractivity contribution in [1.29, 1.82) is 0 Å². The number of sulfonamides is 1. The van der Waals surface area contributed by atoms with Gasteiger partial charge in [-0.15, -0.1) is 0 Å². The van der Waals surface area contributed by atoms with Crippen LogP contribution in [0.15, 0.2) is 53.4 Å². The summed E-state index contributed by atoms with van der Waals surface area (Å²) in [5.74, 6) is -0.0270. The van der Waals surface area contributed by atoms with Gasteiger partial charge in [0.15, 0.2) is 5.78 Å². The number of carbonyl (C=O) groups is 2. The number of hydrogen-bond donors (Lipinski definition) is 0. The van der Waals surface area contributed by atoms with Gasteiger partial charge in [0.1, 0.15) is 16.4 Å². The fourth-order valence-electron chi connectivity index (χ4n) is 3.47. The summed E-state index contributed by atoms with van der Waals surface area (Å²) in [6.07, 6.45) is 5.81. The number of nitrogens with zero attached hydrogens (tertiary/aromatic N) is 1. The van der Waals surface area contributed by atoms with Crippen LogP contribution < -0.4 is 9.47 Å². The highest BCUT2D eigenvalue weighted by molar-refractivity contribution is 7.89. The zero-order chi connectivity index (χ0) is 23.1. The van der Waals surface area contributed by atoms with Gasteiger partial charge in [-0.1, -0.05) is 19.4 Å². The van der Waals surface area contributed by atoms with Crippen molar-refractivity contribution in [3.8, 4) is 11.5 Å². The summed E-state index contributed by atoms with van der Waals surface area (Å²) in [5.41, 5.74) is 1.09. The Morgan fingerprint density at radius 1 is 1.03 bits per heavy atom. The summed E-state index contributed by atoms with van der Waals surface area (Å²) in [5, 5.41) is 0. The summed E-state index contributed by atoms with van der Waals surface area (Å²) in [7, 11) is -2.27. The van der Waals surface area contributed by atoms with E-state index in [0.29, 0.717) is 36.4 Å². The molecule has 0 unspecified atom stereocenters. The van der Waals surface area contributed by atoms with Gasteiger partial charge >= 0.3 is 5.97 Å². The van der Waals surface area contributed by atoms with Crippen molar-refractivity contribution in [3.05, 3.63) is 59.7 Å². The Kier molecular flexibility index (Phi) is 7.82. The zero-order valence-electron chi connectivity index (χ0n) is 18.2. The van der Waals surface area contributed by atoms with E-state index in [-0.39, 0.29) is 16.4 Å². The highest BCUT2D eigenvalue weighted by Crippen LogP contribution is 2.30. The molecule has 0 radical (unpaired) electrons. The lowest BCUT2D eigenvalue weighted by Crippen LogP contribution is -2.35. The van der Waals surface area contributed by atoms with E-state index in [1.165, 1.54) is 29.6 Å². The van der Waals surface area contributed by atoms with Crippen LogP contribution >= 0.6 is 0 Å². The van der Waals surface area contributed by atoms with Gasteiger partial charge in [-0.2, -0.15) is 4.31 Å². The molecule has 8 heteroatoms. The van der Waals surface area contributed by atoms with Crippen LogP contribution in [-0.2, 0) is 14.8 Å². The molecule has 1 heterocycles. The molecule has 2 aromatic rings. The Labute approximate surface area is 188 Å². The van der Waals surface area contributed by atoms with Gasteiger partial charge in [-0.05, 0) is 60.9 Å². The van der Waals surface area contributed by atoms with E-state index in [1.807, 2.05) is 0 Å². The number of esters is 1. The molecule has 0 atom stereocenters. The highest BCUT2D eigenvalue weighted by atomic mass is 32.2. The Bertz CT molecular complexity index is 1100. The summed E-state index contributed by atoms with van der Waals surface area (Å²) in [6.45, 7) is 2.75. The second kappa shape index (κ2) is 10.6. The molecule has 0 saturated carbocycles. The topological polar surface area (TPSA) is 90.0 Å². The quantitative estimate of drug-likeness (QED) is 0.257. The van der Waals surface area contributed by atoms with Crippen LogP contribution in [0.3, 0.4) is 0 Å². The van der Waals surface area contributed by atoms with E-state index in [4.69, 9.17) is 9.47 Å². The maximum absolute atomic E-state index is 13.1. The summed E-state index contributed by atoms with van der Waals surface area (Å²) >= 11 is 0. The van der Waals surface area contributed by atoms with Crippen LogP contribution in [0, 0.1) is 0 Å². The van der Waals surface area contributed by atoms with Crippen molar-refractivity contribution in [2.24, 2.45) is 0 Å². The lowest BCUT2D eigenvalue weighted by molar-refractivity contribution is -0.128. The third-order valence-corrected chi connectivity index (χ3v) is 7.17. The average Bonchev–Trinajstić information content (AvgIpc) is 2.83. The predicted octanol–water partition coefficient (Wildman–Crippen LogP) is 4.08. The minimum Gasteiger partial charge on any atom is -0.495 e. The lowest BCUT2D eigenvalue weighted by atomic mass is 10.1. The minimum absolute atomic E-state index is 0.0117. The number of piperidine rings is 1. The Morgan fingerprint density at radius 3 is 2.34 bits per heavy atom. The summed E-state index contributed by atoms with van der Waals surface area (Å²) in [4.78, 5) is 23.9. The molecule has 2 aromatic carbocycles. The van der Waals surface area contributed by atoms with Crippen molar-refractivity contribution in [2.75, 3.05) is 20.2 Å². The SMILES string of the molecule is CCC(=O)c1ccc(OC(=O)C=Cc2ccc(OC)c(S(=O)(=O)N3CCCCC3)c2)cc1. The monoisotopic (exact) mass is 457 g/mol. The number of ketones is 1. The van der Waals surface area contributed by atoms with Gasteiger partial charge in [-0.25, -0.2) is 13.2 Å². The first-order valence-corrected chi connectivity index (χ1v) is 12.0. The normalized spacial score (nSPS) is 14.9. The summed E-state index contributed by atoms with van der Waals surface area (Å²) in [6, 6.07) is 11.1. The molecule has 1 fully saturated rings. The van der Waals surface area contributed by atoms with Crippen molar-refractivity contribution < 1.29 is 27.5 Å². The van der Waals surface area contributed by atoms with Gasteiger partial charge in [0, 0.05) is 31.1 Å². The van der Waals surface area contributed by atoms with E-state index in [9.17, 15) is 18.0 Å². The third kappa shape index (κ3) is 5.63. The van der Waals surface area contributed by atoms with Crippen molar-refractivity contribution in [3.63, 3.8) is 0 Å². The molecular formula is C24H27NO6S. The molecular weight excluding hydrogens is 430 g/mol. The average molecular weight is 458 g/mol. The zero-order valence-corrected chi connectivity index (χ0v) is 19.1. The molecule has 3 rings (SSSR count). The van der Waals surface area contributed by atoms with Gasteiger partial charge in [0.2, 0.25) is 10.0 Å². The summed E-state index contributed by atoms with van der Waals surface area (Å²) < 4.78 is 38.2. The van der Waals surface area contributed by atoms with E-state index in [0.717, 1.165) is 19.3 Å². The first-order chi connectivity index (χ1) is 15.3. The number of carbonyl (C=O) groups excluding carboxylic acids is 2. The van der Waals surface area contributed by atoms with E-state index in [1.54, 1.807) is 43.3 Å². The number of hydrogen-bond acceptors (Lipinski definition) is 6. The molecule has 0 N–H and O–H groups in total. The molecule has 0 aliphatic carbocycles. The van der Waals surface area contributed by atoms with E-state index in [2.05, 4.69) is 0 Å².